The van der Waals surface area contributed by atoms with Gasteiger partial charge in [0.15, 0.2) is 11.5 Å². The number of hydrogen-bond donors (Lipinski definition) is 2. The molecule has 2 aromatic carbocycles. The molecular weight excluding hydrogens is 278 g/mol. The summed E-state index contributed by atoms with van der Waals surface area (Å²) < 4.78 is 5.04. The summed E-state index contributed by atoms with van der Waals surface area (Å²) >= 11 is 0. The molecule has 0 amide bonds. The third-order valence-electron chi connectivity index (χ3n) is 3.45. The lowest BCUT2D eigenvalue weighted by Gasteiger charge is -2.10. The predicted octanol–water partition coefficient (Wildman–Crippen LogP) is 3.26. The van der Waals surface area contributed by atoms with Crippen LogP contribution in [0.25, 0.3) is 11.0 Å². The summed E-state index contributed by atoms with van der Waals surface area (Å²) in [6.45, 7) is 2.47. The first-order valence-corrected chi connectivity index (χ1v) is 7.00. The van der Waals surface area contributed by atoms with E-state index < -0.39 is 0 Å². The topological polar surface area (TPSA) is 67.3 Å². The molecule has 0 fully saturated rings. The number of anilines is 1. The van der Waals surface area contributed by atoms with E-state index in [1.54, 1.807) is 12.1 Å². The molecule has 0 aliphatic heterocycles. The van der Waals surface area contributed by atoms with Crippen LogP contribution in [0.4, 0.5) is 5.82 Å². The van der Waals surface area contributed by atoms with Crippen molar-refractivity contribution in [2.75, 3.05) is 12.4 Å². The summed E-state index contributed by atoms with van der Waals surface area (Å²) in [5.74, 6) is 1.34. The maximum atomic E-state index is 9.80. The van der Waals surface area contributed by atoms with Gasteiger partial charge in [-0.1, -0.05) is 18.2 Å². The number of phenolic OH excluding ortho intramolecular Hbond substituents is 1. The van der Waals surface area contributed by atoms with Gasteiger partial charge in [-0.2, -0.15) is 0 Å². The molecule has 0 aliphatic rings. The summed E-state index contributed by atoms with van der Waals surface area (Å²) in [5, 5.41) is 13.1. The van der Waals surface area contributed by atoms with Crippen LogP contribution in [0.1, 0.15) is 11.3 Å². The third kappa shape index (κ3) is 2.79. The SMILES string of the molecule is COc1ccc(CNc2nc3ccccc3nc2C)cc1O. The van der Waals surface area contributed by atoms with Gasteiger partial charge in [0, 0.05) is 6.54 Å². The molecule has 0 spiro atoms. The molecule has 0 unspecified atom stereocenters. The fourth-order valence-electron chi connectivity index (χ4n) is 2.29. The molecule has 0 aliphatic carbocycles. The van der Waals surface area contributed by atoms with Gasteiger partial charge < -0.3 is 15.2 Å². The summed E-state index contributed by atoms with van der Waals surface area (Å²) in [6, 6.07) is 13.1. The third-order valence-corrected chi connectivity index (χ3v) is 3.45. The number of rotatable bonds is 4. The Labute approximate surface area is 128 Å². The summed E-state index contributed by atoms with van der Waals surface area (Å²) in [7, 11) is 1.53. The first kappa shape index (κ1) is 14.1. The molecule has 22 heavy (non-hydrogen) atoms. The fraction of sp³-hybridized carbons (Fsp3) is 0.176. The predicted molar refractivity (Wildman–Crippen MR) is 86.3 cm³/mol. The summed E-state index contributed by atoms with van der Waals surface area (Å²) in [5.41, 5.74) is 3.52. The van der Waals surface area contributed by atoms with Crippen molar-refractivity contribution in [3.05, 3.63) is 53.7 Å². The number of benzene rings is 2. The number of aryl methyl sites for hydroxylation is 1. The van der Waals surface area contributed by atoms with Crippen LogP contribution in [0.15, 0.2) is 42.5 Å². The van der Waals surface area contributed by atoms with Crippen LogP contribution in [-0.4, -0.2) is 22.2 Å². The van der Waals surface area contributed by atoms with Crippen molar-refractivity contribution in [2.45, 2.75) is 13.5 Å². The molecule has 2 N–H and O–H groups in total. The van der Waals surface area contributed by atoms with E-state index in [0.717, 1.165) is 28.1 Å². The van der Waals surface area contributed by atoms with Crippen LogP contribution in [0.3, 0.4) is 0 Å². The highest BCUT2D eigenvalue weighted by Crippen LogP contribution is 2.26. The minimum Gasteiger partial charge on any atom is -0.504 e. The van der Waals surface area contributed by atoms with Gasteiger partial charge in [-0.25, -0.2) is 9.97 Å². The van der Waals surface area contributed by atoms with E-state index in [1.807, 2.05) is 37.3 Å². The first-order valence-electron chi connectivity index (χ1n) is 7.00. The Hall–Kier alpha value is -2.82. The minimum absolute atomic E-state index is 0.128. The Bertz CT molecular complexity index is 818. The zero-order valence-electron chi connectivity index (χ0n) is 12.5. The summed E-state index contributed by atoms with van der Waals surface area (Å²) in [6.07, 6.45) is 0. The van der Waals surface area contributed by atoms with Crippen molar-refractivity contribution >= 4 is 16.9 Å². The Balaban J connectivity index is 1.81. The van der Waals surface area contributed by atoms with Crippen molar-refractivity contribution in [1.82, 2.24) is 9.97 Å². The van der Waals surface area contributed by atoms with Gasteiger partial charge in [0.25, 0.3) is 0 Å². The van der Waals surface area contributed by atoms with Gasteiger partial charge in [-0.3, -0.25) is 0 Å². The lowest BCUT2D eigenvalue weighted by atomic mass is 10.2. The fourth-order valence-corrected chi connectivity index (χ4v) is 2.29. The van der Waals surface area contributed by atoms with Crippen LogP contribution in [0.2, 0.25) is 0 Å². The zero-order valence-corrected chi connectivity index (χ0v) is 12.5. The van der Waals surface area contributed by atoms with Gasteiger partial charge in [0.1, 0.15) is 5.82 Å². The van der Waals surface area contributed by atoms with E-state index in [4.69, 9.17) is 4.74 Å². The molecule has 0 radical (unpaired) electrons. The largest absolute Gasteiger partial charge is 0.504 e. The number of aromatic hydroxyl groups is 1. The minimum atomic E-state index is 0.128. The first-order chi connectivity index (χ1) is 10.7. The van der Waals surface area contributed by atoms with Gasteiger partial charge >= 0.3 is 0 Å². The molecule has 112 valence electrons. The maximum absolute atomic E-state index is 9.80. The Morgan fingerprint density at radius 3 is 2.50 bits per heavy atom. The standard InChI is InChI=1S/C17H17N3O2/c1-11-17(20-14-6-4-3-5-13(14)19-11)18-10-12-7-8-16(22-2)15(21)9-12/h3-9,21H,10H2,1-2H3,(H,18,20). The summed E-state index contributed by atoms with van der Waals surface area (Å²) in [4.78, 5) is 9.12. The molecule has 0 saturated carbocycles. The molecule has 3 aromatic rings. The quantitative estimate of drug-likeness (QED) is 0.773. The number of methoxy groups -OCH3 is 1. The Morgan fingerprint density at radius 1 is 1.09 bits per heavy atom. The van der Waals surface area contributed by atoms with Gasteiger partial charge in [0.2, 0.25) is 0 Å². The van der Waals surface area contributed by atoms with E-state index in [9.17, 15) is 5.11 Å². The van der Waals surface area contributed by atoms with E-state index >= 15 is 0 Å². The van der Waals surface area contributed by atoms with Crippen LogP contribution >= 0.6 is 0 Å². The zero-order chi connectivity index (χ0) is 15.5. The molecule has 3 rings (SSSR count). The second-order valence-electron chi connectivity index (χ2n) is 5.01. The molecule has 5 heteroatoms. The smallest absolute Gasteiger partial charge is 0.160 e. The van der Waals surface area contributed by atoms with E-state index in [2.05, 4.69) is 15.3 Å². The van der Waals surface area contributed by atoms with Crippen molar-refractivity contribution in [3.63, 3.8) is 0 Å². The van der Waals surface area contributed by atoms with E-state index in [1.165, 1.54) is 7.11 Å². The van der Waals surface area contributed by atoms with Crippen LogP contribution in [0, 0.1) is 6.92 Å². The highest BCUT2D eigenvalue weighted by molar-refractivity contribution is 5.76. The number of fused-ring (bicyclic) bond motifs is 1. The number of ether oxygens (including phenoxy) is 1. The average molecular weight is 295 g/mol. The molecule has 1 heterocycles. The molecule has 0 saturated heterocycles. The molecule has 5 nitrogen and oxygen atoms in total. The van der Waals surface area contributed by atoms with Crippen LogP contribution in [-0.2, 0) is 6.54 Å². The van der Waals surface area contributed by atoms with E-state index in [-0.39, 0.29) is 5.75 Å². The lowest BCUT2D eigenvalue weighted by Crippen LogP contribution is -2.05. The maximum Gasteiger partial charge on any atom is 0.160 e. The Morgan fingerprint density at radius 2 is 1.82 bits per heavy atom. The lowest BCUT2D eigenvalue weighted by molar-refractivity contribution is 0.373. The number of hydrogen-bond acceptors (Lipinski definition) is 5. The molecule has 1 aromatic heterocycles. The van der Waals surface area contributed by atoms with E-state index in [0.29, 0.717) is 12.3 Å². The number of nitrogens with zero attached hydrogens (tertiary/aromatic N) is 2. The number of nitrogens with one attached hydrogen (secondary N) is 1. The van der Waals surface area contributed by atoms with Crippen molar-refractivity contribution < 1.29 is 9.84 Å². The van der Waals surface area contributed by atoms with Gasteiger partial charge in [-0.15, -0.1) is 0 Å². The van der Waals surface area contributed by atoms with Crippen LogP contribution < -0.4 is 10.1 Å². The van der Waals surface area contributed by atoms with Crippen LogP contribution in [0.5, 0.6) is 11.5 Å². The average Bonchev–Trinajstić information content (AvgIpc) is 2.53. The number of aromatic nitrogens is 2. The molecule has 0 atom stereocenters. The second-order valence-corrected chi connectivity index (χ2v) is 5.01. The van der Waals surface area contributed by atoms with Crippen molar-refractivity contribution in [1.29, 1.82) is 0 Å². The Kier molecular flexibility index (Phi) is 3.78. The number of phenols is 1. The second kappa shape index (κ2) is 5.89. The number of para-hydroxylation sites is 2. The van der Waals surface area contributed by atoms with Crippen molar-refractivity contribution in [3.8, 4) is 11.5 Å². The van der Waals surface area contributed by atoms with Gasteiger partial charge in [0.05, 0.1) is 23.8 Å². The normalized spacial score (nSPS) is 10.6. The molecular formula is C17H17N3O2. The highest BCUT2D eigenvalue weighted by Gasteiger charge is 2.06. The van der Waals surface area contributed by atoms with Gasteiger partial charge in [-0.05, 0) is 36.8 Å². The van der Waals surface area contributed by atoms with Crippen molar-refractivity contribution in [2.24, 2.45) is 0 Å². The highest BCUT2D eigenvalue weighted by atomic mass is 16.5. The molecule has 0 bridgehead atoms. The monoisotopic (exact) mass is 295 g/mol.